The van der Waals surface area contributed by atoms with E-state index in [2.05, 4.69) is 29.9 Å². The van der Waals surface area contributed by atoms with Crippen molar-refractivity contribution in [1.82, 2.24) is 24.8 Å². The first-order chi connectivity index (χ1) is 16.3. The highest BCUT2D eigenvalue weighted by Gasteiger charge is 2.45. The van der Waals surface area contributed by atoms with Crippen LogP contribution in [0.15, 0.2) is 24.8 Å². The average Bonchev–Trinajstić information content (AvgIpc) is 3.20. The molecule has 34 heavy (non-hydrogen) atoms. The lowest BCUT2D eigenvalue weighted by atomic mass is 10.1. The Hall–Kier alpha value is -3.74. The number of hydrogen-bond donors (Lipinski definition) is 3. The topological polar surface area (TPSA) is 146 Å². The lowest BCUT2D eigenvalue weighted by Gasteiger charge is -2.23. The van der Waals surface area contributed by atoms with E-state index in [0.717, 1.165) is 25.1 Å². The number of ether oxygens (including phenoxy) is 2. The van der Waals surface area contributed by atoms with Crippen molar-refractivity contribution < 1.29 is 23.0 Å². The Labute approximate surface area is 193 Å². The summed E-state index contributed by atoms with van der Waals surface area (Å²) in [6, 6.07) is 3.80. The first kappa shape index (κ1) is 22.1. The summed E-state index contributed by atoms with van der Waals surface area (Å²) in [6.07, 6.45) is 3.11. The van der Waals surface area contributed by atoms with Gasteiger partial charge in [0.1, 0.15) is 11.8 Å². The fourth-order valence-corrected chi connectivity index (χ4v) is 4.04. The number of carbonyl (C=O) groups excluding carboxylic acids is 1. The number of rotatable bonds is 5. The molecule has 0 spiro atoms. The molecule has 2 aliphatic heterocycles. The molecule has 1 saturated heterocycles. The second-order valence-electron chi connectivity index (χ2n) is 8.42. The number of halogens is 2. The Morgan fingerprint density at radius 2 is 2.03 bits per heavy atom. The maximum Gasteiger partial charge on any atom is 0.586 e. The summed E-state index contributed by atoms with van der Waals surface area (Å²) in [7, 11) is 0. The molecule has 180 valence electrons. The van der Waals surface area contributed by atoms with Gasteiger partial charge in [0, 0.05) is 36.4 Å². The van der Waals surface area contributed by atoms with Crippen molar-refractivity contribution in [2.75, 3.05) is 23.7 Å². The van der Waals surface area contributed by atoms with E-state index in [1.54, 1.807) is 17.0 Å². The van der Waals surface area contributed by atoms with E-state index in [9.17, 15) is 13.6 Å². The van der Waals surface area contributed by atoms with Crippen LogP contribution in [0.2, 0.25) is 0 Å². The number of benzene rings is 1. The van der Waals surface area contributed by atoms with Crippen molar-refractivity contribution >= 4 is 29.1 Å². The van der Waals surface area contributed by atoms with Gasteiger partial charge >= 0.3 is 6.29 Å². The highest BCUT2D eigenvalue weighted by Crippen LogP contribution is 2.47. The summed E-state index contributed by atoms with van der Waals surface area (Å²) in [6.45, 7) is 1.55. The highest BCUT2D eigenvalue weighted by molar-refractivity contribution is 5.81. The van der Waals surface area contributed by atoms with E-state index < -0.39 is 6.29 Å². The lowest BCUT2D eigenvalue weighted by molar-refractivity contribution is -0.286. The van der Waals surface area contributed by atoms with Crippen LogP contribution in [0.25, 0.3) is 11.2 Å². The second kappa shape index (κ2) is 8.56. The fraction of sp³-hybridized carbons (Fsp3) is 0.429. The van der Waals surface area contributed by atoms with Crippen LogP contribution in [-0.2, 0) is 11.3 Å². The Balaban J connectivity index is 0.000000351. The second-order valence-corrected chi connectivity index (χ2v) is 8.42. The van der Waals surface area contributed by atoms with Crippen molar-refractivity contribution in [1.29, 1.82) is 0 Å². The van der Waals surface area contributed by atoms with Crippen LogP contribution < -0.4 is 31.2 Å². The number of nitrogens with one attached hydrogen (secondary N) is 1. The van der Waals surface area contributed by atoms with E-state index in [4.69, 9.17) is 16.2 Å². The van der Waals surface area contributed by atoms with E-state index in [0.29, 0.717) is 29.3 Å². The number of imidazole rings is 1. The third kappa shape index (κ3) is 4.38. The molecule has 3 aromatic rings. The molecule has 3 aliphatic rings. The van der Waals surface area contributed by atoms with Crippen LogP contribution in [0.3, 0.4) is 0 Å². The molecule has 4 heterocycles. The first-order valence-corrected chi connectivity index (χ1v) is 10.9. The monoisotopic (exact) mass is 474 g/mol. The molecule has 1 amide bonds. The Kier molecular flexibility index (Phi) is 5.55. The Bertz CT molecular complexity index is 1220. The van der Waals surface area contributed by atoms with Gasteiger partial charge in [0.05, 0.1) is 12.9 Å². The average molecular weight is 474 g/mol. The smallest absolute Gasteiger partial charge is 0.395 e. The summed E-state index contributed by atoms with van der Waals surface area (Å²) >= 11 is 0. The molecule has 1 saturated carbocycles. The highest BCUT2D eigenvalue weighted by atomic mass is 19.3. The van der Waals surface area contributed by atoms with Crippen LogP contribution >= 0.6 is 0 Å². The number of anilines is 2. The Morgan fingerprint density at radius 1 is 1.21 bits per heavy atom. The minimum atomic E-state index is -3.71. The number of nitrogens with two attached hydrogens (primary N) is 2. The van der Waals surface area contributed by atoms with Gasteiger partial charge in [0.15, 0.2) is 23.0 Å². The lowest BCUT2D eigenvalue weighted by Crippen LogP contribution is -2.27. The number of aromatic nitrogens is 4. The molecule has 5 N–H and O–H groups in total. The van der Waals surface area contributed by atoms with Crippen LogP contribution in [-0.4, -0.2) is 57.4 Å². The molecule has 6 rings (SSSR count). The maximum absolute atomic E-state index is 13.7. The Morgan fingerprint density at radius 3 is 2.71 bits per heavy atom. The molecule has 2 aromatic heterocycles. The third-order valence-corrected chi connectivity index (χ3v) is 5.85. The van der Waals surface area contributed by atoms with Crippen molar-refractivity contribution in [2.24, 2.45) is 5.73 Å². The molecule has 1 aliphatic carbocycles. The molecule has 13 heteroatoms. The molecule has 11 nitrogen and oxygen atoms in total. The van der Waals surface area contributed by atoms with E-state index >= 15 is 0 Å². The van der Waals surface area contributed by atoms with Gasteiger partial charge in [-0.15, -0.1) is 8.78 Å². The predicted octanol–water partition coefficient (Wildman–Crippen LogP) is 1.21. The van der Waals surface area contributed by atoms with E-state index in [-0.39, 0.29) is 29.9 Å². The molecular formula is C21H24F2N8O3. The zero-order valence-corrected chi connectivity index (χ0v) is 18.2. The first-order valence-electron chi connectivity index (χ1n) is 10.9. The van der Waals surface area contributed by atoms with Crippen LogP contribution in [0.5, 0.6) is 11.5 Å². The van der Waals surface area contributed by atoms with Gasteiger partial charge in [-0.05, 0) is 31.4 Å². The molecule has 0 radical (unpaired) electrons. The van der Waals surface area contributed by atoms with E-state index in [1.165, 1.54) is 25.2 Å². The van der Waals surface area contributed by atoms with Crippen LogP contribution in [0, 0.1) is 0 Å². The summed E-state index contributed by atoms with van der Waals surface area (Å²) < 4.78 is 38.6. The van der Waals surface area contributed by atoms with Crippen LogP contribution in [0.4, 0.5) is 20.3 Å². The predicted molar refractivity (Wildman–Crippen MR) is 119 cm³/mol. The van der Waals surface area contributed by atoms with Crippen molar-refractivity contribution in [3.05, 3.63) is 30.4 Å². The minimum absolute atomic E-state index is 0.00634. The number of fused-ring (bicyclic) bond motifs is 2. The fourth-order valence-electron chi connectivity index (χ4n) is 4.04. The van der Waals surface area contributed by atoms with Gasteiger partial charge in [-0.3, -0.25) is 4.79 Å². The van der Waals surface area contributed by atoms with Crippen molar-refractivity contribution in [2.45, 2.75) is 44.2 Å². The largest absolute Gasteiger partial charge is 0.586 e. The summed E-state index contributed by atoms with van der Waals surface area (Å²) in [5.41, 5.74) is 14.1. The quantitative estimate of drug-likeness (QED) is 0.464. The molecule has 1 aromatic carbocycles. The summed E-state index contributed by atoms with van der Waals surface area (Å²) in [4.78, 5) is 24.0. The van der Waals surface area contributed by atoms with Gasteiger partial charge in [-0.2, -0.15) is 0 Å². The zero-order valence-electron chi connectivity index (χ0n) is 18.2. The summed E-state index contributed by atoms with van der Waals surface area (Å²) in [5, 5.41) is 2.64. The zero-order chi connectivity index (χ0) is 23.9. The summed E-state index contributed by atoms with van der Waals surface area (Å²) in [5.74, 6) is 0.247. The number of alkyl halides is 2. The third-order valence-electron chi connectivity index (χ3n) is 5.85. The number of amides is 1. The van der Waals surface area contributed by atoms with Gasteiger partial charge in [0.25, 0.3) is 0 Å². The van der Waals surface area contributed by atoms with Crippen molar-refractivity contribution in [3.8, 4) is 11.5 Å². The van der Waals surface area contributed by atoms with Gasteiger partial charge in [-0.1, -0.05) is 0 Å². The van der Waals surface area contributed by atoms with Gasteiger partial charge in [0.2, 0.25) is 6.41 Å². The number of nitrogen functional groups attached to an aromatic ring is 1. The number of nitrogens with zero attached hydrogens (tertiary/aromatic N) is 5. The standard InChI is InChI=1S/C17H17F2N7O2.C4H7NO/c18-17(19)27-12-2-1-11(25-4-3-9(20)5-25)10(14(12)28-17)6-26-8-24-13-15(21)22-7-23-16(13)26;6-3-5-4-1-2-4/h1-2,7-9H,3-6,20H2,(H2,21,22,23);3-4H,1-2H2,(H,5,6). The molecule has 0 bridgehead atoms. The molecule has 1 unspecified atom stereocenters. The number of hydrogen-bond acceptors (Lipinski definition) is 9. The van der Waals surface area contributed by atoms with Gasteiger partial charge in [-0.25, -0.2) is 15.0 Å². The van der Waals surface area contributed by atoms with Crippen molar-refractivity contribution in [3.63, 3.8) is 0 Å². The SMILES string of the molecule is Nc1ncnc2c1ncn2Cc1c(N2CCC(N)C2)ccc2c1OC(F)(F)O2.O=CNC1CC1. The van der Waals surface area contributed by atoms with E-state index in [1.807, 2.05) is 0 Å². The molecular weight excluding hydrogens is 450 g/mol. The maximum atomic E-state index is 13.7. The minimum Gasteiger partial charge on any atom is -0.395 e. The van der Waals surface area contributed by atoms with Gasteiger partial charge < -0.3 is 35.7 Å². The molecule has 2 fully saturated rings. The normalized spacial score (nSPS) is 20.2. The molecule has 1 atom stereocenters. The number of carbonyl (C=O) groups is 1. The van der Waals surface area contributed by atoms with Crippen LogP contribution in [0.1, 0.15) is 24.8 Å².